The van der Waals surface area contributed by atoms with Crippen LogP contribution in [0.4, 0.5) is 0 Å². The van der Waals surface area contributed by atoms with Gasteiger partial charge in [0.25, 0.3) is 0 Å². The fraction of sp³-hybridized carbons (Fsp3) is 0.500. The van der Waals surface area contributed by atoms with E-state index in [1.54, 1.807) is 0 Å². The van der Waals surface area contributed by atoms with E-state index < -0.39 is 0 Å². The first-order chi connectivity index (χ1) is 3.00. The molecule has 30 valence electrons. The maximum absolute atomic E-state index is 2.31. The molecule has 0 aliphatic carbocycles. The number of hydrogen-bond acceptors (Lipinski definition) is 0. The van der Waals surface area contributed by atoms with Gasteiger partial charge in [0.2, 0.25) is 0 Å². The normalized spacial score (nSPS) is 21.3. The summed E-state index contributed by atoms with van der Waals surface area (Å²) < 4.78 is 0. The van der Waals surface area contributed by atoms with Crippen LogP contribution >= 0.6 is 0 Å². The second-order valence-corrected chi connectivity index (χ2v) is 4.66. The quantitative estimate of drug-likeness (QED) is 0.402. The fourth-order valence-corrected chi connectivity index (χ4v) is 2.86. The van der Waals surface area contributed by atoms with E-state index in [-0.39, 0.29) is 0 Å². The largest absolute Gasteiger partial charge is 0.106 e. The summed E-state index contributed by atoms with van der Waals surface area (Å²) in [5, 5.41) is 0. The highest BCUT2D eigenvalue weighted by Gasteiger charge is 1.89. The topological polar surface area (TPSA) is 0 Å². The maximum atomic E-state index is 2.31. The lowest BCUT2D eigenvalue weighted by Crippen LogP contribution is -2.02. The molecule has 0 unspecified atom stereocenters. The summed E-state index contributed by atoms with van der Waals surface area (Å²) >= 11 is 0. The summed E-state index contributed by atoms with van der Waals surface area (Å²) in [6.45, 7) is 0. The number of hydrogen-bond donors (Lipinski definition) is 0. The van der Waals surface area contributed by atoms with E-state index in [0.717, 1.165) is 9.04 Å². The van der Waals surface area contributed by atoms with Gasteiger partial charge in [0, 0.05) is 9.04 Å². The third-order valence-electron chi connectivity index (χ3n) is 0.739. The molecule has 0 spiro atoms. The van der Waals surface area contributed by atoms with Crippen molar-refractivity contribution >= 4 is 18.1 Å². The molecule has 0 saturated carbocycles. The first-order valence-corrected chi connectivity index (χ1v) is 5.42. The van der Waals surface area contributed by atoms with Crippen molar-refractivity contribution in [2.45, 2.75) is 12.5 Å². The van der Waals surface area contributed by atoms with Crippen LogP contribution in [-0.4, -0.2) is 18.1 Å². The van der Waals surface area contributed by atoms with Crippen LogP contribution in [0.3, 0.4) is 0 Å². The van der Waals surface area contributed by atoms with E-state index >= 15 is 0 Å². The first kappa shape index (κ1) is 4.34. The Morgan fingerprint density at radius 1 is 1.50 bits per heavy atom. The van der Waals surface area contributed by atoms with Gasteiger partial charge in [0.05, 0.1) is 9.04 Å². The Morgan fingerprint density at radius 2 is 2.50 bits per heavy atom. The van der Waals surface area contributed by atoms with Gasteiger partial charge in [-0.1, -0.05) is 12.1 Å². The van der Waals surface area contributed by atoms with Crippen molar-refractivity contribution in [3.05, 3.63) is 11.8 Å². The molecule has 0 bridgehead atoms. The van der Waals surface area contributed by atoms with Crippen LogP contribution in [0.2, 0.25) is 6.04 Å². The molecular formula is C4H6Si2. The highest BCUT2D eigenvalue weighted by molar-refractivity contribution is 7.03. The monoisotopic (exact) mass is 110 g/mol. The summed E-state index contributed by atoms with van der Waals surface area (Å²) in [7, 11) is 2.39. The third-order valence-corrected chi connectivity index (χ3v) is 3.75. The molecule has 0 fully saturated rings. The minimum Gasteiger partial charge on any atom is -0.106 e. The van der Waals surface area contributed by atoms with Gasteiger partial charge in [-0.15, -0.1) is 5.70 Å². The van der Waals surface area contributed by atoms with Gasteiger partial charge < -0.3 is 0 Å². The van der Waals surface area contributed by atoms with Gasteiger partial charge in [-0.2, -0.15) is 0 Å². The van der Waals surface area contributed by atoms with Crippen LogP contribution in [0.15, 0.2) is 11.8 Å². The Balaban J connectivity index is 2.26. The summed E-state index contributed by atoms with van der Waals surface area (Å²) in [5.74, 6) is 0. The molecule has 1 aliphatic rings. The fourth-order valence-electron chi connectivity index (χ4n) is 0.429. The van der Waals surface area contributed by atoms with Crippen molar-refractivity contribution in [1.29, 1.82) is 0 Å². The van der Waals surface area contributed by atoms with E-state index in [0.29, 0.717) is 0 Å². The Kier molecular flexibility index (Phi) is 1.71. The lowest BCUT2D eigenvalue weighted by atomic mass is 10.5. The average Bonchev–Trinajstić information content (AvgIpc) is 1.72. The molecule has 0 aromatic carbocycles. The van der Waals surface area contributed by atoms with Crippen LogP contribution in [0.5, 0.6) is 0 Å². The lowest BCUT2D eigenvalue weighted by Gasteiger charge is -1.95. The predicted octanol–water partition coefficient (Wildman–Crippen LogP) is 0.645. The molecule has 0 saturated heterocycles. The molecule has 2 heteroatoms. The molecule has 0 aromatic rings. The Hall–Kier alpha value is 0.174. The zero-order chi connectivity index (χ0) is 4.24. The van der Waals surface area contributed by atoms with Gasteiger partial charge in [-0.05, 0) is 6.42 Å². The van der Waals surface area contributed by atoms with E-state index in [1.807, 2.05) is 0 Å². The number of rotatable bonds is 0. The highest BCUT2D eigenvalue weighted by atomic mass is 29.1. The van der Waals surface area contributed by atoms with Crippen LogP contribution in [0.1, 0.15) is 6.42 Å². The van der Waals surface area contributed by atoms with Gasteiger partial charge in [-0.3, -0.25) is 0 Å². The summed E-state index contributed by atoms with van der Waals surface area (Å²) in [4.78, 5) is 0. The molecule has 0 nitrogen and oxygen atoms in total. The van der Waals surface area contributed by atoms with Crippen LogP contribution in [0, 0.1) is 0 Å². The smallest absolute Gasteiger partial charge is 0.0538 e. The molecule has 6 heavy (non-hydrogen) atoms. The van der Waals surface area contributed by atoms with Gasteiger partial charge in [-0.25, -0.2) is 0 Å². The zero-order valence-corrected chi connectivity index (χ0v) is 5.57. The summed E-state index contributed by atoms with van der Waals surface area (Å²) in [6.07, 6.45) is 3.63. The molecular weight excluding hydrogens is 104 g/mol. The summed E-state index contributed by atoms with van der Waals surface area (Å²) in [6, 6.07) is 1.45. The lowest BCUT2D eigenvalue weighted by molar-refractivity contribution is 1.21. The number of allylic oxidation sites excluding steroid dienone is 1. The van der Waals surface area contributed by atoms with Crippen molar-refractivity contribution in [3.63, 3.8) is 0 Å². The Labute approximate surface area is 43.1 Å². The van der Waals surface area contributed by atoms with Gasteiger partial charge in [0.1, 0.15) is 0 Å². The molecule has 0 N–H and O–H groups in total. The molecule has 4 radical (unpaired) electrons. The van der Waals surface area contributed by atoms with Crippen molar-refractivity contribution in [1.82, 2.24) is 0 Å². The van der Waals surface area contributed by atoms with Gasteiger partial charge >= 0.3 is 0 Å². The Morgan fingerprint density at radius 3 is 2.67 bits per heavy atom. The maximum Gasteiger partial charge on any atom is 0.0538 e. The van der Waals surface area contributed by atoms with Crippen molar-refractivity contribution in [2.75, 3.05) is 0 Å². The molecule has 0 amide bonds. The third kappa shape index (κ3) is 1.10. The van der Waals surface area contributed by atoms with Crippen molar-refractivity contribution < 1.29 is 0 Å². The summed E-state index contributed by atoms with van der Waals surface area (Å²) in [5.41, 5.74) is 2.31. The minimum absolute atomic E-state index is 1.15. The van der Waals surface area contributed by atoms with Crippen LogP contribution in [0.25, 0.3) is 0 Å². The SMILES string of the molecule is C1=C[Si][Si]CC1. The predicted molar refractivity (Wildman–Crippen MR) is 30.1 cm³/mol. The van der Waals surface area contributed by atoms with E-state index in [4.69, 9.17) is 0 Å². The second kappa shape index (κ2) is 2.36. The minimum atomic E-state index is 1.15. The molecule has 1 rings (SSSR count). The molecule has 0 aromatic heterocycles. The van der Waals surface area contributed by atoms with Crippen molar-refractivity contribution in [3.8, 4) is 0 Å². The average molecular weight is 110 g/mol. The van der Waals surface area contributed by atoms with Crippen molar-refractivity contribution in [2.24, 2.45) is 0 Å². The standard InChI is InChI=1S/C4H6Si2/c1-2-4-6-5-3-1/h1,3H,2,4H2. The first-order valence-electron chi connectivity index (χ1n) is 2.13. The second-order valence-electron chi connectivity index (χ2n) is 1.26. The molecule has 0 atom stereocenters. The highest BCUT2D eigenvalue weighted by Crippen LogP contribution is 1.93. The van der Waals surface area contributed by atoms with Gasteiger partial charge in [0.15, 0.2) is 0 Å². The molecule has 1 heterocycles. The zero-order valence-electron chi connectivity index (χ0n) is 3.57. The van der Waals surface area contributed by atoms with E-state index in [9.17, 15) is 0 Å². The molecule has 1 aliphatic heterocycles. The Bertz CT molecular complexity index is 50.6. The van der Waals surface area contributed by atoms with Crippen LogP contribution in [-0.2, 0) is 0 Å². The van der Waals surface area contributed by atoms with Crippen LogP contribution < -0.4 is 0 Å². The van der Waals surface area contributed by atoms with E-state index in [1.165, 1.54) is 21.5 Å². The van der Waals surface area contributed by atoms with E-state index in [2.05, 4.69) is 11.8 Å².